The van der Waals surface area contributed by atoms with Crippen molar-refractivity contribution in [2.45, 2.75) is 32.3 Å². The Hall–Kier alpha value is -1.91. The Morgan fingerprint density at radius 2 is 2.22 bits per heavy atom. The fourth-order valence-electron chi connectivity index (χ4n) is 1.74. The van der Waals surface area contributed by atoms with Gasteiger partial charge >= 0.3 is 5.97 Å². The fourth-order valence-corrected chi connectivity index (χ4v) is 1.74. The highest BCUT2D eigenvalue weighted by molar-refractivity contribution is 5.72. The van der Waals surface area contributed by atoms with Crippen molar-refractivity contribution in [2.24, 2.45) is 0 Å². The Kier molecular flexibility index (Phi) is 3.92. The van der Waals surface area contributed by atoms with Crippen LogP contribution in [0.4, 0.5) is 0 Å². The first kappa shape index (κ1) is 12.5. The van der Waals surface area contributed by atoms with E-state index in [1.165, 1.54) is 0 Å². The van der Waals surface area contributed by atoms with Crippen LogP contribution >= 0.6 is 0 Å². The van der Waals surface area contributed by atoms with Gasteiger partial charge in [0.25, 0.3) is 0 Å². The van der Waals surface area contributed by atoms with E-state index in [0.29, 0.717) is 23.7 Å². The van der Waals surface area contributed by atoms with Crippen molar-refractivity contribution in [3.63, 3.8) is 0 Å². The van der Waals surface area contributed by atoms with Crippen LogP contribution in [0.15, 0.2) is 18.2 Å². The van der Waals surface area contributed by atoms with Gasteiger partial charge in [0.2, 0.25) is 6.79 Å². The lowest BCUT2D eigenvalue weighted by molar-refractivity contribution is -0.145. The van der Waals surface area contributed by atoms with Gasteiger partial charge in [-0.05, 0) is 25.0 Å². The minimum Gasteiger partial charge on any atom is -0.479 e. The zero-order valence-electron chi connectivity index (χ0n) is 10.2. The van der Waals surface area contributed by atoms with Crippen molar-refractivity contribution in [1.82, 2.24) is 0 Å². The van der Waals surface area contributed by atoms with Crippen LogP contribution in [0, 0.1) is 0 Å². The van der Waals surface area contributed by atoms with Crippen LogP contribution < -0.4 is 14.2 Å². The normalized spacial score (nSPS) is 14.3. The standard InChI is InChI=1S/C13H16O5/c1-2-3-4-11(13(14)15)18-9-5-6-10-12(7-9)17-8-16-10/h5-7,11H,2-4,8H2,1H3,(H,14,15). The summed E-state index contributed by atoms with van der Waals surface area (Å²) in [5, 5.41) is 9.07. The molecule has 0 bridgehead atoms. The number of ether oxygens (including phenoxy) is 3. The van der Waals surface area contributed by atoms with Gasteiger partial charge < -0.3 is 19.3 Å². The molecule has 0 aliphatic carbocycles. The zero-order valence-corrected chi connectivity index (χ0v) is 10.2. The van der Waals surface area contributed by atoms with E-state index in [2.05, 4.69) is 0 Å². The molecule has 0 amide bonds. The highest BCUT2D eigenvalue weighted by Gasteiger charge is 2.20. The largest absolute Gasteiger partial charge is 0.479 e. The number of hydrogen-bond acceptors (Lipinski definition) is 4. The second-order valence-electron chi connectivity index (χ2n) is 4.10. The molecule has 1 aliphatic rings. The molecular formula is C13H16O5. The van der Waals surface area contributed by atoms with Gasteiger partial charge in [-0.3, -0.25) is 0 Å². The maximum Gasteiger partial charge on any atom is 0.344 e. The van der Waals surface area contributed by atoms with Crippen LogP contribution in [0.5, 0.6) is 17.2 Å². The Morgan fingerprint density at radius 1 is 1.44 bits per heavy atom. The van der Waals surface area contributed by atoms with Crippen molar-refractivity contribution in [3.05, 3.63) is 18.2 Å². The van der Waals surface area contributed by atoms with Crippen molar-refractivity contribution < 1.29 is 24.1 Å². The maximum absolute atomic E-state index is 11.1. The zero-order chi connectivity index (χ0) is 13.0. The molecule has 0 spiro atoms. The van der Waals surface area contributed by atoms with Gasteiger partial charge in [0.05, 0.1) is 0 Å². The van der Waals surface area contributed by atoms with Gasteiger partial charge in [-0.1, -0.05) is 13.3 Å². The van der Waals surface area contributed by atoms with Gasteiger partial charge in [-0.2, -0.15) is 0 Å². The molecule has 1 N–H and O–H groups in total. The summed E-state index contributed by atoms with van der Waals surface area (Å²) >= 11 is 0. The Balaban J connectivity index is 2.04. The lowest BCUT2D eigenvalue weighted by Crippen LogP contribution is -2.26. The molecule has 1 aromatic rings. The van der Waals surface area contributed by atoms with E-state index in [0.717, 1.165) is 12.8 Å². The Bertz CT molecular complexity index is 429. The molecule has 18 heavy (non-hydrogen) atoms. The lowest BCUT2D eigenvalue weighted by atomic mass is 10.1. The minimum atomic E-state index is -0.943. The number of unbranched alkanes of at least 4 members (excludes halogenated alkanes) is 1. The molecule has 0 radical (unpaired) electrons. The van der Waals surface area contributed by atoms with E-state index >= 15 is 0 Å². The highest BCUT2D eigenvalue weighted by atomic mass is 16.7. The molecule has 1 heterocycles. The molecule has 0 saturated carbocycles. The molecule has 5 nitrogen and oxygen atoms in total. The Morgan fingerprint density at radius 3 is 2.94 bits per heavy atom. The highest BCUT2D eigenvalue weighted by Crippen LogP contribution is 2.35. The van der Waals surface area contributed by atoms with Crippen molar-refractivity contribution >= 4 is 5.97 Å². The predicted octanol–water partition coefficient (Wildman–Crippen LogP) is 2.44. The molecule has 1 aliphatic heterocycles. The summed E-state index contributed by atoms with van der Waals surface area (Å²) in [5.41, 5.74) is 0. The third-order valence-corrected chi connectivity index (χ3v) is 2.72. The molecular weight excluding hydrogens is 236 g/mol. The minimum absolute atomic E-state index is 0.191. The third kappa shape index (κ3) is 2.85. The van der Waals surface area contributed by atoms with Gasteiger partial charge in [-0.25, -0.2) is 4.79 Å². The molecule has 5 heteroatoms. The molecule has 98 valence electrons. The summed E-state index contributed by atoms with van der Waals surface area (Å²) in [6.45, 7) is 2.20. The molecule has 0 saturated heterocycles. The monoisotopic (exact) mass is 252 g/mol. The summed E-state index contributed by atoms with van der Waals surface area (Å²) in [4.78, 5) is 11.1. The second-order valence-corrected chi connectivity index (χ2v) is 4.10. The third-order valence-electron chi connectivity index (χ3n) is 2.72. The number of aliphatic carboxylic acids is 1. The molecule has 1 aromatic carbocycles. The van der Waals surface area contributed by atoms with E-state index in [-0.39, 0.29) is 6.79 Å². The summed E-state index contributed by atoms with van der Waals surface area (Å²) in [6, 6.07) is 5.07. The van der Waals surface area contributed by atoms with E-state index in [9.17, 15) is 4.79 Å². The van der Waals surface area contributed by atoms with Crippen LogP contribution in [0.2, 0.25) is 0 Å². The van der Waals surface area contributed by atoms with Gasteiger partial charge in [0.15, 0.2) is 17.6 Å². The maximum atomic E-state index is 11.1. The van der Waals surface area contributed by atoms with Crippen LogP contribution in [0.3, 0.4) is 0 Å². The SMILES string of the molecule is CCCCC(Oc1ccc2c(c1)OCO2)C(=O)O. The van der Waals surface area contributed by atoms with Crippen molar-refractivity contribution in [3.8, 4) is 17.2 Å². The number of carboxylic acid groups (broad SMARTS) is 1. The molecule has 0 aromatic heterocycles. The number of rotatable bonds is 6. The molecule has 1 unspecified atom stereocenters. The average Bonchev–Trinajstić information content (AvgIpc) is 2.81. The number of benzene rings is 1. The average molecular weight is 252 g/mol. The van der Waals surface area contributed by atoms with Crippen molar-refractivity contribution in [1.29, 1.82) is 0 Å². The van der Waals surface area contributed by atoms with Crippen LogP contribution in [0.1, 0.15) is 26.2 Å². The predicted molar refractivity (Wildman–Crippen MR) is 64.1 cm³/mol. The van der Waals surface area contributed by atoms with Crippen molar-refractivity contribution in [2.75, 3.05) is 6.79 Å². The number of carboxylic acids is 1. The number of hydrogen-bond donors (Lipinski definition) is 1. The molecule has 0 fully saturated rings. The topological polar surface area (TPSA) is 65.0 Å². The first-order valence-electron chi connectivity index (χ1n) is 6.00. The molecule has 2 rings (SSSR count). The quantitative estimate of drug-likeness (QED) is 0.842. The van der Waals surface area contributed by atoms with Gasteiger partial charge in [0, 0.05) is 6.07 Å². The lowest BCUT2D eigenvalue weighted by Gasteiger charge is -2.14. The van der Waals surface area contributed by atoms with E-state index in [1.54, 1.807) is 18.2 Å². The van der Waals surface area contributed by atoms with E-state index in [1.807, 2.05) is 6.92 Å². The smallest absolute Gasteiger partial charge is 0.344 e. The second kappa shape index (κ2) is 5.62. The summed E-state index contributed by atoms with van der Waals surface area (Å²) in [7, 11) is 0. The molecule has 1 atom stereocenters. The van der Waals surface area contributed by atoms with Crippen LogP contribution in [-0.2, 0) is 4.79 Å². The van der Waals surface area contributed by atoms with Gasteiger partial charge in [-0.15, -0.1) is 0 Å². The Labute approximate surface area is 105 Å². The van der Waals surface area contributed by atoms with Gasteiger partial charge in [0.1, 0.15) is 5.75 Å². The summed E-state index contributed by atoms with van der Waals surface area (Å²) in [5.74, 6) is 0.791. The first-order chi connectivity index (χ1) is 8.70. The van der Waals surface area contributed by atoms with E-state index < -0.39 is 12.1 Å². The fraction of sp³-hybridized carbons (Fsp3) is 0.462. The summed E-state index contributed by atoms with van der Waals surface area (Å²) in [6.07, 6.45) is 1.45. The first-order valence-corrected chi connectivity index (χ1v) is 6.00. The van der Waals surface area contributed by atoms with Crippen LogP contribution in [-0.4, -0.2) is 24.0 Å². The number of fused-ring (bicyclic) bond motifs is 1. The van der Waals surface area contributed by atoms with Crippen LogP contribution in [0.25, 0.3) is 0 Å². The van der Waals surface area contributed by atoms with E-state index in [4.69, 9.17) is 19.3 Å². The summed E-state index contributed by atoms with van der Waals surface area (Å²) < 4.78 is 15.9. The number of carbonyl (C=O) groups is 1.